The van der Waals surface area contributed by atoms with Crippen LogP contribution >= 0.6 is 12.4 Å². The molecule has 3 rings (SSSR count). The molecule has 0 bridgehead atoms. The van der Waals surface area contributed by atoms with Gasteiger partial charge in [0.1, 0.15) is 6.33 Å². The van der Waals surface area contributed by atoms with Crippen LogP contribution in [0.25, 0.3) is 11.1 Å². The van der Waals surface area contributed by atoms with E-state index in [4.69, 9.17) is 4.74 Å². The van der Waals surface area contributed by atoms with Crippen LogP contribution in [0.2, 0.25) is 0 Å². The Kier molecular flexibility index (Phi) is 9.61. The van der Waals surface area contributed by atoms with Gasteiger partial charge in [-0.15, -0.1) is 12.4 Å². The summed E-state index contributed by atoms with van der Waals surface area (Å²) in [4.78, 5) is 32.8. The highest BCUT2D eigenvalue weighted by molar-refractivity contribution is 5.95. The maximum Gasteiger partial charge on any atom is 0.319 e. The lowest BCUT2D eigenvalue weighted by Crippen LogP contribution is -2.44. The molecule has 1 unspecified atom stereocenters. The highest BCUT2D eigenvalue weighted by Crippen LogP contribution is 2.21. The quantitative estimate of drug-likeness (QED) is 0.496. The minimum atomic E-state index is -0.597. The predicted molar refractivity (Wildman–Crippen MR) is 122 cm³/mol. The number of aromatic nitrogens is 2. The third-order valence-corrected chi connectivity index (χ3v) is 4.42. The zero-order valence-corrected chi connectivity index (χ0v) is 18.0. The summed E-state index contributed by atoms with van der Waals surface area (Å²) in [5, 5.41) is 5.95. The highest BCUT2D eigenvalue weighted by atomic mass is 35.5. The molecule has 0 saturated heterocycles. The van der Waals surface area contributed by atoms with Crippen molar-refractivity contribution in [2.45, 2.75) is 19.4 Å². The number of anilines is 1. The van der Waals surface area contributed by atoms with E-state index in [1.165, 1.54) is 6.33 Å². The molecule has 2 aromatic carbocycles. The van der Waals surface area contributed by atoms with Crippen LogP contribution in [0, 0.1) is 0 Å². The lowest BCUT2D eigenvalue weighted by atomic mass is 10.0. The Hall–Kier alpha value is -3.29. The number of rotatable bonds is 9. The number of benzene rings is 2. The van der Waals surface area contributed by atoms with Gasteiger partial charge in [0.15, 0.2) is 0 Å². The summed E-state index contributed by atoms with van der Waals surface area (Å²) in [6.07, 6.45) is 5.34. The number of ether oxygens (including phenoxy) is 1. The van der Waals surface area contributed by atoms with E-state index in [1.54, 1.807) is 19.3 Å². The third kappa shape index (κ3) is 7.47. The van der Waals surface area contributed by atoms with Crippen LogP contribution in [0.3, 0.4) is 0 Å². The van der Waals surface area contributed by atoms with Gasteiger partial charge in [-0.2, -0.15) is 0 Å². The van der Waals surface area contributed by atoms with E-state index in [0.29, 0.717) is 18.7 Å². The number of amides is 1. The standard InChI is InChI=1S/C23H24N4O3.ClH/c1-2-30-22(28)15-26-21(11-17-7-4-3-5-8-17)23(29)27-20-10-6-9-18(12-20)19-13-24-16-25-14-19;/h3-10,12-14,16,21,26H,2,11,15H2,1H3,(H,27,29);1H. The molecule has 162 valence electrons. The third-order valence-electron chi connectivity index (χ3n) is 4.42. The van der Waals surface area contributed by atoms with Crippen LogP contribution < -0.4 is 10.6 Å². The molecule has 0 radical (unpaired) electrons. The Morgan fingerprint density at radius 2 is 1.74 bits per heavy atom. The van der Waals surface area contributed by atoms with Crippen molar-refractivity contribution < 1.29 is 14.3 Å². The Morgan fingerprint density at radius 1 is 1.00 bits per heavy atom. The van der Waals surface area contributed by atoms with Crippen LogP contribution in [0.5, 0.6) is 0 Å². The fourth-order valence-corrected chi connectivity index (χ4v) is 2.98. The molecule has 1 atom stereocenters. The molecule has 8 heteroatoms. The maximum absolute atomic E-state index is 13.0. The van der Waals surface area contributed by atoms with Crippen LogP contribution in [0.15, 0.2) is 73.3 Å². The summed E-state index contributed by atoms with van der Waals surface area (Å²) >= 11 is 0. The van der Waals surface area contributed by atoms with E-state index in [0.717, 1.165) is 16.7 Å². The summed E-state index contributed by atoms with van der Waals surface area (Å²) < 4.78 is 4.96. The number of hydrogen-bond donors (Lipinski definition) is 2. The number of carbonyl (C=O) groups is 2. The van der Waals surface area contributed by atoms with E-state index in [2.05, 4.69) is 20.6 Å². The topological polar surface area (TPSA) is 93.2 Å². The van der Waals surface area contributed by atoms with E-state index in [9.17, 15) is 9.59 Å². The average molecular weight is 441 g/mol. The number of carbonyl (C=O) groups excluding carboxylic acids is 2. The molecule has 0 aliphatic rings. The van der Waals surface area contributed by atoms with Gasteiger partial charge in [0.2, 0.25) is 5.91 Å². The predicted octanol–water partition coefficient (Wildman–Crippen LogP) is 3.27. The average Bonchev–Trinajstić information content (AvgIpc) is 2.78. The normalized spacial score (nSPS) is 11.1. The molecular formula is C23H25ClN4O3. The summed E-state index contributed by atoms with van der Waals surface area (Å²) in [6.45, 7) is 2.00. The van der Waals surface area contributed by atoms with Crippen LogP contribution in [-0.2, 0) is 20.7 Å². The van der Waals surface area contributed by atoms with Crippen molar-refractivity contribution in [2.75, 3.05) is 18.5 Å². The van der Waals surface area contributed by atoms with E-state index in [-0.39, 0.29) is 24.9 Å². The van der Waals surface area contributed by atoms with Crippen LogP contribution in [0.4, 0.5) is 5.69 Å². The number of nitrogens with one attached hydrogen (secondary N) is 2. The molecule has 0 fully saturated rings. The second-order valence-electron chi connectivity index (χ2n) is 6.63. The highest BCUT2D eigenvalue weighted by Gasteiger charge is 2.20. The Morgan fingerprint density at radius 3 is 2.45 bits per heavy atom. The lowest BCUT2D eigenvalue weighted by Gasteiger charge is -2.18. The van der Waals surface area contributed by atoms with Crippen molar-refractivity contribution in [3.05, 3.63) is 78.9 Å². The largest absolute Gasteiger partial charge is 0.465 e. The molecule has 1 aromatic heterocycles. The monoisotopic (exact) mass is 440 g/mol. The fourth-order valence-electron chi connectivity index (χ4n) is 2.98. The summed E-state index contributed by atoms with van der Waals surface area (Å²) in [5.74, 6) is -0.626. The molecule has 31 heavy (non-hydrogen) atoms. The minimum Gasteiger partial charge on any atom is -0.465 e. The van der Waals surface area contributed by atoms with Crippen molar-refractivity contribution in [2.24, 2.45) is 0 Å². The Bertz CT molecular complexity index is 971. The number of halogens is 1. The van der Waals surface area contributed by atoms with Gasteiger partial charge in [-0.3, -0.25) is 14.9 Å². The lowest BCUT2D eigenvalue weighted by molar-refractivity contribution is -0.142. The van der Waals surface area contributed by atoms with Gasteiger partial charge in [-0.1, -0.05) is 42.5 Å². The first-order valence-corrected chi connectivity index (χ1v) is 9.75. The van der Waals surface area contributed by atoms with Crippen LogP contribution in [-0.4, -0.2) is 41.0 Å². The van der Waals surface area contributed by atoms with Gasteiger partial charge >= 0.3 is 5.97 Å². The number of nitrogens with zero attached hydrogens (tertiary/aromatic N) is 2. The second kappa shape index (κ2) is 12.4. The fraction of sp³-hybridized carbons (Fsp3) is 0.217. The molecule has 0 aliphatic heterocycles. The van der Waals surface area contributed by atoms with Crippen molar-refractivity contribution in [1.82, 2.24) is 15.3 Å². The first-order valence-electron chi connectivity index (χ1n) is 9.75. The van der Waals surface area contributed by atoms with Gasteiger partial charge in [-0.05, 0) is 36.6 Å². The smallest absolute Gasteiger partial charge is 0.319 e. The SMILES string of the molecule is CCOC(=O)CNC(Cc1ccccc1)C(=O)Nc1cccc(-c2cncnc2)c1.Cl. The van der Waals surface area contributed by atoms with Crippen LogP contribution in [0.1, 0.15) is 12.5 Å². The maximum atomic E-state index is 13.0. The van der Waals surface area contributed by atoms with E-state index < -0.39 is 12.0 Å². The summed E-state index contributed by atoms with van der Waals surface area (Å²) in [5.41, 5.74) is 3.39. The first kappa shape index (κ1) is 24.0. The molecule has 7 nitrogen and oxygen atoms in total. The van der Waals surface area contributed by atoms with Gasteiger partial charge in [0.25, 0.3) is 0 Å². The van der Waals surface area contributed by atoms with Crippen molar-refractivity contribution in [1.29, 1.82) is 0 Å². The summed E-state index contributed by atoms with van der Waals surface area (Å²) in [6, 6.07) is 16.5. The van der Waals surface area contributed by atoms with Gasteiger partial charge < -0.3 is 10.1 Å². The van der Waals surface area contributed by atoms with Crippen molar-refractivity contribution >= 4 is 30.0 Å². The molecule has 3 aromatic rings. The second-order valence-corrected chi connectivity index (χ2v) is 6.63. The molecular weight excluding hydrogens is 416 g/mol. The van der Waals surface area contributed by atoms with Gasteiger partial charge in [0.05, 0.1) is 19.2 Å². The molecule has 2 N–H and O–H groups in total. The van der Waals surface area contributed by atoms with E-state index >= 15 is 0 Å². The molecule has 0 spiro atoms. The summed E-state index contributed by atoms with van der Waals surface area (Å²) in [7, 11) is 0. The zero-order chi connectivity index (χ0) is 21.2. The number of hydrogen-bond acceptors (Lipinski definition) is 6. The molecule has 1 amide bonds. The molecule has 1 heterocycles. The minimum absolute atomic E-state index is 0. The Labute approximate surface area is 187 Å². The molecule has 0 aliphatic carbocycles. The van der Waals surface area contributed by atoms with Crippen molar-refractivity contribution in [3.8, 4) is 11.1 Å². The zero-order valence-electron chi connectivity index (χ0n) is 17.2. The number of esters is 1. The van der Waals surface area contributed by atoms with Gasteiger partial charge in [0, 0.05) is 23.6 Å². The van der Waals surface area contributed by atoms with Crippen molar-refractivity contribution in [3.63, 3.8) is 0 Å². The van der Waals surface area contributed by atoms with Gasteiger partial charge in [-0.25, -0.2) is 9.97 Å². The first-order chi connectivity index (χ1) is 14.7. The van der Waals surface area contributed by atoms with E-state index in [1.807, 2.05) is 54.6 Å². The molecule has 0 saturated carbocycles. The Balaban J connectivity index is 0.00000341.